The highest BCUT2D eigenvalue weighted by atomic mass is 16.2. The Morgan fingerprint density at radius 3 is 1.90 bits per heavy atom. The summed E-state index contributed by atoms with van der Waals surface area (Å²) in [5.41, 5.74) is -0.679. The molecule has 4 heteroatoms. The van der Waals surface area contributed by atoms with Crippen molar-refractivity contribution in [1.29, 1.82) is 0 Å². The molecule has 1 aliphatic heterocycles. The molecular weight excluding hydrogens is 264 g/mol. The Kier molecular flexibility index (Phi) is 3.47. The van der Waals surface area contributed by atoms with E-state index in [1.807, 2.05) is 32.6 Å². The summed E-state index contributed by atoms with van der Waals surface area (Å²) >= 11 is 0. The van der Waals surface area contributed by atoms with E-state index in [0.717, 1.165) is 0 Å². The summed E-state index contributed by atoms with van der Waals surface area (Å²) in [5.74, 6) is 0.182. The van der Waals surface area contributed by atoms with Crippen molar-refractivity contribution in [3.05, 3.63) is 0 Å². The van der Waals surface area contributed by atoms with Crippen LogP contribution in [0.3, 0.4) is 0 Å². The first kappa shape index (κ1) is 16.3. The van der Waals surface area contributed by atoms with Crippen molar-refractivity contribution in [3.63, 3.8) is 0 Å². The number of nitrogens with zero attached hydrogens (tertiary/aromatic N) is 1. The quantitative estimate of drug-likeness (QED) is 0.869. The van der Waals surface area contributed by atoms with Crippen molar-refractivity contribution in [2.24, 2.45) is 16.7 Å². The summed E-state index contributed by atoms with van der Waals surface area (Å²) in [7, 11) is 0. The van der Waals surface area contributed by atoms with E-state index >= 15 is 0 Å². The molecular formula is C17H30N2O2. The van der Waals surface area contributed by atoms with Gasteiger partial charge in [0.2, 0.25) is 11.8 Å². The number of amides is 2. The molecule has 2 amide bonds. The van der Waals surface area contributed by atoms with Gasteiger partial charge in [0, 0.05) is 6.04 Å². The molecule has 0 spiro atoms. The molecule has 21 heavy (non-hydrogen) atoms. The molecule has 1 saturated heterocycles. The Balaban J connectivity index is 2.47. The molecule has 2 atom stereocenters. The molecule has 4 nitrogen and oxygen atoms in total. The van der Waals surface area contributed by atoms with Crippen LogP contribution in [0, 0.1) is 16.7 Å². The maximum Gasteiger partial charge on any atom is 0.249 e. The van der Waals surface area contributed by atoms with Gasteiger partial charge < -0.3 is 10.2 Å². The summed E-state index contributed by atoms with van der Waals surface area (Å²) in [6, 6.07) is -0.231. The van der Waals surface area contributed by atoms with Gasteiger partial charge in [0.05, 0.1) is 0 Å². The zero-order chi connectivity index (χ0) is 16.4. The van der Waals surface area contributed by atoms with Crippen LogP contribution in [0.15, 0.2) is 0 Å². The van der Waals surface area contributed by atoms with Gasteiger partial charge in [-0.2, -0.15) is 0 Å². The summed E-state index contributed by atoms with van der Waals surface area (Å²) in [4.78, 5) is 27.6. The molecule has 0 radical (unpaired) electrons. The van der Waals surface area contributed by atoms with E-state index in [-0.39, 0.29) is 40.6 Å². The van der Waals surface area contributed by atoms with Crippen molar-refractivity contribution in [3.8, 4) is 0 Å². The van der Waals surface area contributed by atoms with Crippen LogP contribution in [0.2, 0.25) is 0 Å². The smallest absolute Gasteiger partial charge is 0.249 e. The van der Waals surface area contributed by atoms with Crippen LogP contribution in [-0.4, -0.2) is 34.3 Å². The molecule has 2 fully saturated rings. The third-order valence-electron chi connectivity index (χ3n) is 6.24. The predicted molar refractivity (Wildman–Crippen MR) is 83.7 cm³/mol. The lowest BCUT2D eigenvalue weighted by Crippen LogP contribution is -2.71. The molecule has 2 rings (SSSR count). The maximum absolute atomic E-state index is 13.1. The van der Waals surface area contributed by atoms with Crippen LogP contribution in [0.4, 0.5) is 0 Å². The van der Waals surface area contributed by atoms with Crippen LogP contribution in [0.1, 0.15) is 61.8 Å². The highest BCUT2D eigenvalue weighted by molar-refractivity contribution is 6.00. The van der Waals surface area contributed by atoms with Crippen LogP contribution < -0.4 is 5.32 Å². The van der Waals surface area contributed by atoms with Gasteiger partial charge in [-0.25, -0.2) is 0 Å². The Morgan fingerprint density at radius 2 is 1.57 bits per heavy atom. The van der Waals surface area contributed by atoms with Crippen molar-refractivity contribution in [2.45, 2.75) is 79.4 Å². The van der Waals surface area contributed by atoms with Crippen LogP contribution in [-0.2, 0) is 9.59 Å². The van der Waals surface area contributed by atoms with E-state index in [2.05, 4.69) is 33.0 Å². The van der Waals surface area contributed by atoms with Gasteiger partial charge in [-0.1, -0.05) is 48.5 Å². The van der Waals surface area contributed by atoms with Crippen molar-refractivity contribution < 1.29 is 9.59 Å². The number of nitrogens with one attached hydrogen (secondary N) is 1. The lowest BCUT2D eigenvalue weighted by molar-refractivity contribution is -0.158. The SMILES string of the molecule is CCC1(C)NC(=O)C(C(C)C)N(C2C(C)(C)C2(C)C)C1=O. The van der Waals surface area contributed by atoms with Gasteiger partial charge in [0.1, 0.15) is 11.6 Å². The van der Waals surface area contributed by atoms with Gasteiger partial charge in [0.25, 0.3) is 0 Å². The summed E-state index contributed by atoms with van der Waals surface area (Å²) in [6.45, 7) is 16.6. The normalized spacial score (nSPS) is 35.1. The zero-order valence-electron chi connectivity index (χ0n) is 14.7. The Morgan fingerprint density at radius 1 is 1.10 bits per heavy atom. The highest BCUT2D eigenvalue weighted by Gasteiger charge is 2.71. The number of rotatable bonds is 3. The molecule has 1 aliphatic carbocycles. The minimum absolute atomic E-state index is 0.00699. The first-order valence-electron chi connectivity index (χ1n) is 8.06. The molecule has 0 aromatic rings. The minimum Gasteiger partial charge on any atom is -0.340 e. The summed E-state index contributed by atoms with van der Waals surface area (Å²) in [6.07, 6.45) is 0.618. The number of carbonyl (C=O) groups is 2. The number of carbonyl (C=O) groups excluding carboxylic acids is 2. The Bertz CT molecular complexity index is 467. The standard InChI is InChI=1S/C17H30N2O2/c1-9-17(8)14(21)19(11(10(2)3)12(20)18-17)13-15(4,5)16(13,6)7/h10-11,13H,9H2,1-8H3,(H,18,20). The maximum atomic E-state index is 13.1. The average Bonchev–Trinajstić information content (AvgIpc) is 2.74. The van der Waals surface area contributed by atoms with Gasteiger partial charge in [-0.3, -0.25) is 9.59 Å². The second-order valence-corrected chi connectivity index (χ2v) is 8.42. The van der Waals surface area contributed by atoms with Crippen LogP contribution in [0.25, 0.3) is 0 Å². The van der Waals surface area contributed by atoms with E-state index < -0.39 is 5.54 Å². The van der Waals surface area contributed by atoms with E-state index in [9.17, 15) is 9.59 Å². The number of hydrogen-bond acceptors (Lipinski definition) is 2. The van der Waals surface area contributed by atoms with Gasteiger partial charge in [0.15, 0.2) is 0 Å². The number of hydrogen-bond donors (Lipinski definition) is 1. The van der Waals surface area contributed by atoms with Crippen molar-refractivity contribution >= 4 is 11.8 Å². The monoisotopic (exact) mass is 294 g/mol. The molecule has 1 heterocycles. The minimum atomic E-state index is -0.767. The first-order chi connectivity index (χ1) is 9.41. The fourth-order valence-electron chi connectivity index (χ4n) is 3.94. The van der Waals surface area contributed by atoms with Gasteiger partial charge >= 0.3 is 0 Å². The fourth-order valence-corrected chi connectivity index (χ4v) is 3.94. The van der Waals surface area contributed by atoms with E-state index in [1.54, 1.807) is 0 Å². The second-order valence-electron chi connectivity index (χ2n) is 8.42. The number of piperazine rings is 1. The van der Waals surface area contributed by atoms with Gasteiger partial charge in [-0.05, 0) is 30.1 Å². The average molecular weight is 294 g/mol. The molecule has 0 bridgehead atoms. The Labute approximate surface area is 128 Å². The van der Waals surface area contributed by atoms with E-state index in [0.29, 0.717) is 6.42 Å². The second kappa shape index (κ2) is 4.47. The molecule has 2 unspecified atom stereocenters. The molecule has 1 N–H and O–H groups in total. The summed E-state index contributed by atoms with van der Waals surface area (Å²) in [5, 5.41) is 2.96. The lowest BCUT2D eigenvalue weighted by Gasteiger charge is -2.46. The molecule has 120 valence electrons. The Hall–Kier alpha value is -1.06. The molecule has 2 aliphatic rings. The molecule has 0 aromatic heterocycles. The zero-order valence-corrected chi connectivity index (χ0v) is 14.7. The summed E-state index contributed by atoms with van der Waals surface area (Å²) < 4.78 is 0. The van der Waals surface area contributed by atoms with Crippen molar-refractivity contribution in [1.82, 2.24) is 10.2 Å². The largest absolute Gasteiger partial charge is 0.340 e. The van der Waals surface area contributed by atoms with E-state index in [4.69, 9.17) is 0 Å². The highest BCUT2D eigenvalue weighted by Crippen LogP contribution is 2.66. The molecule has 1 saturated carbocycles. The third kappa shape index (κ3) is 2.01. The fraction of sp³-hybridized carbons (Fsp3) is 0.882. The first-order valence-corrected chi connectivity index (χ1v) is 8.06. The third-order valence-corrected chi connectivity index (χ3v) is 6.24. The van der Waals surface area contributed by atoms with E-state index in [1.165, 1.54) is 0 Å². The lowest BCUT2D eigenvalue weighted by atomic mass is 9.87. The van der Waals surface area contributed by atoms with Crippen LogP contribution >= 0.6 is 0 Å². The predicted octanol–water partition coefficient (Wildman–Crippen LogP) is 2.57. The van der Waals surface area contributed by atoms with Crippen LogP contribution in [0.5, 0.6) is 0 Å². The molecule has 0 aromatic carbocycles. The van der Waals surface area contributed by atoms with Crippen molar-refractivity contribution in [2.75, 3.05) is 0 Å². The topological polar surface area (TPSA) is 49.4 Å². The van der Waals surface area contributed by atoms with Gasteiger partial charge in [-0.15, -0.1) is 0 Å².